The zero-order chi connectivity index (χ0) is 21.3. The van der Waals surface area contributed by atoms with E-state index >= 15 is 0 Å². The molecule has 1 aromatic heterocycles. The second-order valence-corrected chi connectivity index (χ2v) is 7.01. The first-order valence-electron chi connectivity index (χ1n) is 9.64. The number of benzene rings is 2. The first-order chi connectivity index (χ1) is 14.6. The molecule has 7 heteroatoms. The summed E-state index contributed by atoms with van der Waals surface area (Å²) in [6.07, 6.45) is 7.42. The third-order valence-corrected chi connectivity index (χ3v) is 4.79. The lowest BCUT2D eigenvalue weighted by Crippen LogP contribution is -2.01. The van der Waals surface area contributed by atoms with Gasteiger partial charge in [-0.25, -0.2) is 14.4 Å². The molecule has 1 heterocycles. The highest BCUT2D eigenvalue weighted by atomic mass is 35.5. The Balaban J connectivity index is 1.79. The van der Waals surface area contributed by atoms with E-state index in [1.807, 2.05) is 18.2 Å². The van der Waals surface area contributed by atoms with Gasteiger partial charge in [-0.15, -0.1) is 5.73 Å². The molecule has 0 aliphatic carbocycles. The van der Waals surface area contributed by atoms with E-state index in [2.05, 4.69) is 27.6 Å². The number of aromatic nitrogens is 2. The van der Waals surface area contributed by atoms with Crippen LogP contribution in [0.25, 0.3) is 10.9 Å². The highest BCUT2D eigenvalue weighted by Gasteiger charge is 2.12. The minimum atomic E-state index is -0.476. The van der Waals surface area contributed by atoms with E-state index in [0.29, 0.717) is 35.1 Å². The largest absolute Gasteiger partial charge is 0.493 e. The van der Waals surface area contributed by atoms with Crippen LogP contribution in [0.1, 0.15) is 25.7 Å². The Hall–Kier alpha value is -3.08. The lowest BCUT2D eigenvalue weighted by atomic mass is 10.2. The van der Waals surface area contributed by atoms with Crippen LogP contribution in [0, 0.1) is 5.82 Å². The standard InChI is InChI=1S/C23H23ClFN3O2/c1-3-4-5-6-7-8-11-30-22-13-17-20(14-21(22)29-2)26-15-27-23(17)28-16-9-10-19(25)18(24)12-16/h4,9-10,12-15H,1,5-8,11H2,2H3,(H,26,27,28). The van der Waals surface area contributed by atoms with Crippen molar-refractivity contribution < 1.29 is 13.9 Å². The van der Waals surface area contributed by atoms with Crippen molar-refractivity contribution in [2.75, 3.05) is 19.0 Å². The summed E-state index contributed by atoms with van der Waals surface area (Å²) in [5.41, 5.74) is 4.09. The fraction of sp³-hybridized carbons (Fsp3) is 0.261. The molecule has 1 N–H and O–H groups in total. The normalized spacial score (nSPS) is 10.5. The van der Waals surface area contributed by atoms with Gasteiger partial charge >= 0.3 is 0 Å². The van der Waals surface area contributed by atoms with Gasteiger partial charge in [0.2, 0.25) is 0 Å². The van der Waals surface area contributed by atoms with Gasteiger partial charge in [0, 0.05) is 17.1 Å². The van der Waals surface area contributed by atoms with Gasteiger partial charge in [0.25, 0.3) is 0 Å². The Morgan fingerprint density at radius 2 is 2.03 bits per heavy atom. The molecule has 156 valence electrons. The maximum atomic E-state index is 13.4. The highest BCUT2D eigenvalue weighted by Crippen LogP contribution is 2.35. The minimum absolute atomic E-state index is 0.0348. The summed E-state index contributed by atoms with van der Waals surface area (Å²) in [7, 11) is 1.59. The summed E-state index contributed by atoms with van der Waals surface area (Å²) in [5, 5.41) is 3.95. The van der Waals surface area contributed by atoms with E-state index in [0.717, 1.165) is 31.1 Å². The van der Waals surface area contributed by atoms with E-state index in [1.165, 1.54) is 18.5 Å². The first-order valence-corrected chi connectivity index (χ1v) is 10.0. The van der Waals surface area contributed by atoms with Crippen molar-refractivity contribution >= 4 is 34.0 Å². The van der Waals surface area contributed by atoms with Crippen molar-refractivity contribution in [2.24, 2.45) is 0 Å². The van der Waals surface area contributed by atoms with Crippen molar-refractivity contribution in [3.8, 4) is 11.5 Å². The van der Waals surface area contributed by atoms with Crippen LogP contribution in [0.15, 0.2) is 55.0 Å². The Kier molecular flexibility index (Phi) is 7.66. The van der Waals surface area contributed by atoms with Gasteiger partial charge in [-0.3, -0.25) is 0 Å². The van der Waals surface area contributed by atoms with Crippen molar-refractivity contribution in [3.05, 3.63) is 65.9 Å². The number of rotatable bonds is 10. The lowest BCUT2D eigenvalue weighted by Gasteiger charge is -2.14. The second kappa shape index (κ2) is 10.6. The van der Waals surface area contributed by atoms with Gasteiger partial charge in [0.15, 0.2) is 11.5 Å². The molecule has 3 aromatic rings. The predicted octanol–water partition coefficient (Wildman–Crippen LogP) is 6.45. The molecule has 0 amide bonds. The Morgan fingerprint density at radius 3 is 2.80 bits per heavy atom. The van der Waals surface area contributed by atoms with Crippen LogP contribution >= 0.6 is 11.6 Å². The van der Waals surface area contributed by atoms with Crippen molar-refractivity contribution in [3.63, 3.8) is 0 Å². The lowest BCUT2D eigenvalue weighted by molar-refractivity contribution is 0.286. The molecule has 0 aliphatic rings. The molecule has 0 saturated carbocycles. The maximum Gasteiger partial charge on any atom is 0.162 e. The minimum Gasteiger partial charge on any atom is -0.493 e. The van der Waals surface area contributed by atoms with Crippen LogP contribution in [0.2, 0.25) is 5.02 Å². The Morgan fingerprint density at radius 1 is 1.17 bits per heavy atom. The molecule has 0 aliphatic heterocycles. The van der Waals surface area contributed by atoms with Gasteiger partial charge in [-0.05, 0) is 56.0 Å². The molecule has 30 heavy (non-hydrogen) atoms. The van der Waals surface area contributed by atoms with Crippen LogP contribution < -0.4 is 14.8 Å². The number of unbranched alkanes of at least 4 members (excludes halogenated alkanes) is 3. The number of methoxy groups -OCH3 is 1. The average Bonchev–Trinajstić information content (AvgIpc) is 2.75. The summed E-state index contributed by atoms with van der Waals surface area (Å²) < 4.78 is 24.9. The van der Waals surface area contributed by atoms with Gasteiger partial charge in [-0.1, -0.05) is 18.2 Å². The number of nitrogens with zero attached hydrogens (tertiary/aromatic N) is 2. The first kappa shape index (κ1) is 21.6. The van der Waals surface area contributed by atoms with Crippen LogP contribution in [0.3, 0.4) is 0 Å². The van der Waals surface area contributed by atoms with Crippen LogP contribution in [0.5, 0.6) is 11.5 Å². The number of allylic oxidation sites excluding steroid dienone is 1. The van der Waals surface area contributed by atoms with Crippen LogP contribution in [0.4, 0.5) is 15.9 Å². The summed E-state index contributed by atoms with van der Waals surface area (Å²) in [6.45, 7) is 4.14. The zero-order valence-electron chi connectivity index (χ0n) is 16.8. The summed E-state index contributed by atoms with van der Waals surface area (Å²) in [6, 6.07) is 8.06. The maximum absolute atomic E-state index is 13.4. The predicted molar refractivity (Wildman–Crippen MR) is 118 cm³/mol. The number of nitrogens with one attached hydrogen (secondary N) is 1. The molecule has 0 spiro atoms. The number of hydrogen-bond acceptors (Lipinski definition) is 5. The van der Waals surface area contributed by atoms with Crippen LogP contribution in [-0.4, -0.2) is 23.7 Å². The Labute approximate surface area is 180 Å². The third-order valence-electron chi connectivity index (χ3n) is 4.50. The molecule has 5 nitrogen and oxygen atoms in total. The number of hydrogen-bond donors (Lipinski definition) is 1. The van der Waals surface area contributed by atoms with Gasteiger partial charge in [-0.2, -0.15) is 0 Å². The van der Waals surface area contributed by atoms with Crippen molar-refractivity contribution in [1.82, 2.24) is 9.97 Å². The molecule has 3 rings (SSSR count). The summed E-state index contributed by atoms with van der Waals surface area (Å²) >= 11 is 5.88. The molecular weight excluding hydrogens is 405 g/mol. The smallest absolute Gasteiger partial charge is 0.162 e. The van der Waals surface area contributed by atoms with Crippen LogP contribution in [-0.2, 0) is 0 Å². The molecule has 0 radical (unpaired) electrons. The van der Waals surface area contributed by atoms with E-state index < -0.39 is 5.82 Å². The fourth-order valence-electron chi connectivity index (χ4n) is 2.96. The monoisotopic (exact) mass is 427 g/mol. The number of ether oxygens (including phenoxy) is 2. The molecule has 0 atom stereocenters. The average molecular weight is 428 g/mol. The Bertz CT molecular complexity index is 1070. The molecule has 0 unspecified atom stereocenters. The fourth-order valence-corrected chi connectivity index (χ4v) is 3.14. The second-order valence-electron chi connectivity index (χ2n) is 6.60. The van der Waals surface area contributed by atoms with E-state index in [4.69, 9.17) is 21.1 Å². The quantitative estimate of drug-likeness (QED) is 0.297. The van der Waals surface area contributed by atoms with Crippen molar-refractivity contribution in [1.29, 1.82) is 0 Å². The van der Waals surface area contributed by atoms with E-state index in [-0.39, 0.29) is 5.02 Å². The topological polar surface area (TPSA) is 56.3 Å². The third kappa shape index (κ3) is 5.50. The summed E-state index contributed by atoms with van der Waals surface area (Å²) in [4.78, 5) is 8.64. The highest BCUT2D eigenvalue weighted by molar-refractivity contribution is 6.31. The molecule has 0 bridgehead atoms. The SMILES string of the molecule is C=C=CCCCCCOc1cc2c(Nc3ccc(F)c(Cl)c3)ncnc2cc1OC. The van der Waals surface area contributed by atoms with E-state index in [9.17, 15) is 4.39 Å². The summed E-state index contributed by atoms with van der Waals surface area (Å²) in [5.74, 6) is 1.31. The molecule has 2 aromatic carbocycles. The molecular formula is C23H23ClFN3O2. The number of halogens is 2. The number of fused-ring (bicyclic) bond motifs is 1. The van der Waals surface area contributed by atoms with Gasteiger partial charge in [0.1, 0.15) is 18.0 Å². The molecule has 0 fully saturated rings. The van der Waals surface area contributed by atoms with E-state index in [1.54, 1.807) is 13.2 Å². The molecule has 0 saturated heterocycles. The van der Waals surface area contributed by atoms with Crippen molar-refractivity contribution in [2.45, 2.75) is 25.7 Å². The number of anilines is 2. The van der Waals surface area contributed by atoms with Gasteiger partial charge < -0.3 is 14.8 Å². The zero-order valence-corrected chi connectivity index (χ0v) is 17.5. The van der Waals surface area contributed by atoms with Gasteiger partial charge in [0.05, 0.1) is 24.3 Å².